The summed E-state index contributed by atoms with van der Waals surface area (Å²) in [7, 11) is 3.35. The van der Waals surface area contributed by atoms with Crippen LogP contribution in [0.3, 0.4) is 0 Å². The number of thiazole rings is 1. The molecule has 0 radical (unpaired) electrons. The maximum absolute atomic E-state index is 12.6. The van der Waals surface area contributed by atoms with Crippen LogP contribution in [0.2, 0.25) is 0 Å². The van der Waals surface area contributed by atoms with E-state index in [9.17, 15) is 13.2 Å². The molecule has 11 heteroatoms. The van der Waals surface area contributed by atoms with E-state index in [1.165, 1.54) is 0 Å². The summed E-state index contributed by atoms with van der Waals surface area (Å²) < 4.78 is 48.2. The van der Waals surface area contributed by atoms with Crippen LogP contribution in [-0.2, 0) is 22.1 Å². The molecule has 6 nitrogen and oxygen atoms in total. The number of guanidine groups is 1. The Balaban J connectivity index is 0.00000364. The number of hydrogen-bond donors (Lipinski definition) is 1. The van der Waals surface area contributed by atoms with E-state index in [0.717, 1.165) is 42.2 Å². The van der Waals surface area contributed by atoms with Gasteiger partial charge in [0.25, 0.3) is 0 Å². The van der Waals surface area contributed by atoms with E-state index in [1.54, 1.807) is 14.2 Å². The van der Waals surface area contributed by atoms with Gasteiger partial charge in [0.2, 0.25) is 0 Å². The van der Waals surface area contributed by atoms with Crippen LogP contribution >= 0.6 is 35.3 Å². The maximum atomic E-state index is 12.6. The SMILES string of the molecule is CN=C(NCCc1nc(C(F)(F)F)cs1)N1CCC(COCCOC)C1.I. The first kappa shape index (κ1) is 24.4. The van der Waals surface area contributed by atoms with Crippen LogP contribution in [0.25, 0.3) is 0 Å². The van der Waals surface area contributed by atoms with Gasteiger partial charge in [0.15, 0.2) is 11.7 Å². The lowest BCUT2D eigenvalue weighted by Crippen LogP contribution is -2.41. The first-order chi connectivity index (χ1) is 12.4. The third-order valence-corrected chi connectivity index (χ3v) is 4.96. The normalized spacial score (nSPS) is 17.9. The van der Waals surface area contributed by atoms with Gasteiger partial charge >= 0.3 is 6.18 Å². The van der Waals surface area contributed by atoms with E-state index in [4.69, 9.17) is 9.47 Å². The number of likely N-dealkylation sites (tertiary alicyclic amines) is 1. The smallest absolute Gasteiger partial charge is 0.382 e. The van der Waals surface area contributed by atoms with Crippen molar-refractivity contribution >= 4 is 41.3 Å². The fourth-order valence-corrected chi connectivity index (χ4v) is 3.53. The van der Waals surface area contributed by atoms with Gasteiger partial charge in [-0.1, -0.05) is 0 Å². The molecular formula is C16H26F3IN4O2S. The van der Waals surface area contributed by atoms with Gasteiger partial charge in [-0.2, -0.15) is 13.2 Å². The van der Waals surface area contributed by atoms with Crippen molar-refractivity contribution in [3.63, 3.8) is 0 Å². The van der Waals surface area contributed by atoms with Gasteiger partial charge in [-0.25, -0.2) is 4.98 Å². The Bertz CT molecular complexity index is 586. The second kappa shape index (κ2) is 12.0. The zero-order valence-electron chi connectivity index (χ0n) is 15.4. The van der Waals surface area contributed by atoms with Crippen molar-refractivity contribution in [2.45, 2.75) is 19.0 Å². The molecular weight excluding hydrogens is 496 g/mol. The van der Waals surface area contributed by atoms with Gasteiger partial charge in [0, 0.05) is 51.5 Å². The van der Waals surface area contributed by atoms with Crippen LogP contribution in [0.1, 0.15) is 17.1 Å². The Hall–Kier alpha value is -0.660. The van der Waals surface area contributed by atoms with Gasteiger partial charge < -0.3 is 19.7 Å². The predicted octanol–water partition coefficient (Wildman–Crippen LogP) is 2.88. The van der Waals surface area contributed by atoms with Gasteiger partial charge in [-0.15, -0.1) is 35.3 Å². The van der Waals surface area contributed by atoms with E-state index in [1.807, 2.05) is 0 Å². The Morgan fingerprint density at radius 1 is 1.44 bits per heavy atom. The molecule has 1 aromatic rings. The molecule has 2 heterocycles. The molecule has 0 aromatic carbocycles. The highest BCUT2D eigenvalue weighted by molar-refractivity contribution is 14.0. The first-order valence-electron chi connectivity index (χ1n) is 8.48. The number of rotatable bonds is 8. The molecule has 0 aliphatic carbocycles. The first-order valence-corrected chi connectivity index (χ1v) is 9.36. The van der Waals surface area contributed by atoms with Crippen molar-refractivity contribution < 1.29 is 22.6 Å². The summed E-state index contributed by atoms with van der Waals surface area (Å²) >= 11 is 1.03. The van der Waals surface area contributed by atoms with Crippen LogP contribution < -0.4 is 5.32 Å². The molecule has 1 atom stereocenters. The van der Waals surface area contributed by atoms with Crippen molar-refractivity contribution in [2.24, 2.45) is 10.9 Å². The van der Waals surface area contributed by atoms with Crippen LogP contribution in [0.4, 0.5) is 13.2 Å². The van der Waals surface area contributed by atoms with Crippen molar-refractivity contribution in [1.82, 2.24) is 15.2 Å². The number of ether oxygens (including phenoxy) is 2. The molecule has 1 unspecified atom stereocenters. The lowest BCUT2D eigenvalue weighted by Gasteiger charge is -2.21. The summed E-state index contributed by atoms with van der Waals surface area (Å²) in [5, 5.41) is 4.72. The summed E-state index contributed by atoms with van der Waals surface area (Å²) in [6, 6.07) is 0. The topological polar surface area (TPSA) is 59.0 Å². The molecule has 27 heavy (non-hydrogen) atoms. The van der Waals surface area contributed by atoms with E-state index in [0.29, 0.717) is 43.7 Å². The zero-order chi connectivity index (χ0) is 19.0. The number of halogens is 4. The van der Waals surface area contributed by atoms with Gasteiger partial charge in [-0.05, 0) is 6.42 Å². The van der Waals surface area contributed by atoms with Gasteiger partial charge in [0.1, 0.15) is 0 Å². The van der Waals surface area contributed by atoms with Crippen molar-refractivity contribution in [2.75, 3.05) is 53.6 Å². The molecule has 1 N–H and O–H groups in total. The Labute approximate surface area is 178 Å². The summed E-state index contributed by atoms with van der Waals surface area (Å²) in [6.45, 7) is 4.09. The highest BCUT2D eigenvalue weighted by Crippen LogP contribution is 2.30. The largest absolute Gasteiger partial charge is 0.434 e. The Morgan fingerprint density at radius 2 is 2.22 bits per heavy atom. The molecule has 156 valence electrons. The second-order valence-electron chi connectivity index (χ2n) is 6.02. The van der Waals surface area contributed by atoms with E-state index >= 15 is 0 Å². The van der Waals surface area contributed by atoms with E-state index < -0.39 is 11.9 Å². The Kier molecular flexibility index (Phi) is 10.9. The van der Waals surface area contributed by atoms with Crippen molar-refractivity contribution in [3.05, 3.63) is 16.1 Å². The average Bonchev–Trinajstić information content (AvgIpc) is 3.25. The van der Waals surface area contributed by atoms with Crippen LogP contribution in [0, 0.1) is 5.92 Å². The summed E-state index contributed by atoms with van der Waals surface area (Å²) in [5.41, 5.74) is -0.822. The Morgan fingerprint density at radius 3 is 2.85 bits per heavy atom. The second-order valence-corrected chi connectivity index (χ2v) is 6.96. The van der Waals surface area contributed by atoms with Gasteiger partial charge in [0.05, 0.1) is 24.8 Å². The lowest BCUT2D eigenvalue weighted by molar-refractivity contribution is -0.140. The molecule has 1 fully saturated rings. The number of alkyl halides is 3. The highest BCUT2D eigenvalue weighted by Gasteiger charge is 2.33. The molecule has 0 bridgehead atoms. The molecule has 2 rings (SSSR count). The standard InChI is InChI=1S/C16H25F3N4O2S.HI/c1-20-15(23-6-4-12(9-23)10-25-8-7-24-2)21-5-3-14-22-13(11-26-14)16(17,18)19;/h11-12H,3-10H2,1-2H3,(H,20,21);1H. The quantitative estimate of drug-likeness (QED) is 0.247. The molecule has 1 aliphatic heterocycles. The third kappa shape index (κ3) is 8.08. The monoisotopic (exact) mass is 522 g/mol. The minimum Gasteiger partial charge on any atom is -0.382 e. The minimum atomic E-state index is -4.38. The molecule has 1 saturated heterocycles. The fourth-order valence-electron chi connectivity index (χ4n) is 2.72. The number of aliphatic imine (C=N–C) groups is 1. The van der Waals surface area contributed by atoms with Crippen molar-refractivity contribution in [1.29, 1.82) is 0 Å². The highest BCUT2D eigenvalue weighted by atomic mass is 127. The number of hydrogen-bond acceptors (Lipinski definition) is 5. The van der Waals surface area contributed by atoms with Crippen LogP contribution in [-0.4, -0.2) is 69.5 Å². The number of nitrogens with zero attached hydrogens (tertiary/aromatic N) is 3. The van der Waals surface area contributed by atoms with Crippen LogP contribution in [0.5, 0.6) is 0 Å². The minimum absolute atomic E-state index is 0. The summed E-state index contributed by atoms with van der Waals surface area (Å²) in [4.78, 5) is 10.0. The zero-order valence-corrected chi connectivity index (χ0v) is 18.6. The fraction of sp³-hybridized carbons (Fsp3) is 0.750. The van der Waals surface area contributed by atoms with E-state index in [-0.39, 0.29) is 24.0 Å². The lowest BCUT2D eigenvalue weighted by atomic mass is 10.1. The maximum Gasteiger partial charge on any atom is 0.434 e. The third-order valence-electron chi connectivity index (χ3n) is 4.05. The molecule has 1 aliphatic rings. The van der Waals surface area contributed by atoms with E-state index in [2.05, 4.69) is 20.2 Å². The summed E-state index contributed by atoms with van der Waals surface area (Å²) in [6.07, 6.45) is -2.93. The summed E-state index contributed by atoms with van der Waals surface area (Å²) in [5.74, 6) is 1.20. The van der Waals surface area contributed by atoms with Crippen LogP contribution in [0.15, 0.2) is 10.4 Å². The molecule has 0 saturated carbocycles. The number of aromatic nitrogens is 1. The molecule has 0 amide bonds. The average molecular weight is 522 g/mol. The number of nitrogens with one attached hydrogen (secondary N) is 1. The molecule has 0 spiro atoms. The van der Waals surface area contributed by atoms with Crippen molar-refractivity contribution in [3.8, 4) is 0 Å². The number of methoxy groups -OCH3 is 1. The van der Waals surface area contributed by atoms with Gasteiger partial charge in [-0.3, -0.25) is 4.99 Å². The molecule has 1 aromatic heterocycles. The predicted molar refractivity (Wildman–Crippen MR) is 110 cm³/mol.